The number of nitrogens with one attached hydrogen (secondary N) is 1. The van der Waals surface area contributed by atoms with Gasteiger partial charge in [-0.15, -0.1) is 5.73 Å². The van der Waals surface area contributed by atoms with Crippen LogP contribution in [0.25, 0.3) is 0 Å². The molecule has 0 bridgehead atoms. The average molecular weight is 273 g/mol. The molecule has 0 aromatic heterocycles. The summed E-state index contributed by atoms with van der Waals surface area (Å²) in [5, 5.41) is 2.90. The maximum atomic E-state index is 11.8. The molecule has 3 heteroatoms. The summed E-state index contributed by atoms with van der Waals surface area (Å²) in [4.78, 5) is 11.8. The summed E-state index contributed by atoms with van der Waals surface area (Å²) < 4.78 is 5.29. The van der Waals surface area contributed by atoms with Crippen LogP contribution in [-0.4, -0.2) is 17.7 Å². The fourth-order valence-corrected chi connectivity index (χ4v) is 1.79. The molecular weight excluding hydrogens is 250 g/mol. The van der Waals surface area contributed by atoms with Gasteiger partial charge in [-0.1, -0.05) is 36.9 Å². The fraction of sp³-hybridized carbons (Fsp3) is 0.412. The van der Waals surface area contributed by atoms with Gasteiger partial charge in [0.05, 0.1) is 0 Å². The summed E-state index contributed by atoms with van der Waals surface area (Å²) in [6.45, 7) is 9.10. The minimum absolute atomic E-state index is 0.0264. The first-order valence-corrected chi connectivity index (χ1v) is 6.78. The van der Waals surface area contributed by atoms with Gasteiger partial charge in [-0.05, 0) is 45.3 Å². The van der Waals surface area contributed by atoms with Gasteiger partial charge in [0.1, 0.15) is 5.60 Å². The molecule has 108 valence electrons. The van der Waals surface area contributed by atoms with Gasteiger partial charge in [0.2, 0.25) is 0 Å². The lowest BCUT2D eigenvalue weighted by molar-refractivity contribution is 0.0504. The molecule has 0 heterocycles. The Hall–Kier alpha value is -1.99. The van der Waals surface area contributed by atoms with Crippen molar-refractivity contribution >= 4 is 6.09 Å². The summed E-state index contributed by atoms with van der Waals surface area (Å²) in [5.41, 5.74) is 3.42. The summed E-state index contributed by atoms with van der Waals surface area (Å²) in [7, 11) is 0. The molecule has 1 amide bonds. The summed E-state index contributed by atoms with van der Waals surface area (Å²) in [5.74, 6) is 0. The molecule has 0 aliphatic carbocycles. The lowest BCUT2D eigenvalue weighted by atomic mass is 10.0. The first-order chi connectivity index (χ1) is 9.40. The van der Waals surface area contributed by atoms with Crippen LogP contribution in [0.2, 0.25) is 0 Å². The Morgan fingerprint density at radius 2 is 2.05 bits per heavy atom. The van der Waals surface area contributed by atoms with Gasteiger partial charge in [0, 0.05) is 6.04 Å². The molecule has 0 saturated carbocycles. The smallest absolute Gasteiger partial charge is 0.407 e. The van der Waals surface area contributed by atoms with Crippen molar-refractivity contribution in [2.45, 2.75) is 45.3 Å². The molecule has 0 spiro atoms. The Kier molecular flexibility index (Phi) is 6.08. The van der Waals surface area contributed by atoms with Gasteiger partial charge in [-0.25, -0.2) is 4.79 Å². The molecule has 0 fully saturated rings. The summed E-state index contributed by atoms with van der Waals surface area (Å²) in [6.07, 6.45) is 2.86. The van der Waals surface area contributed by atoms with Gasteiger partial charge in [-0.2, -0.15) is 0 Å². The molecule has 3 nitrogen and oxygen atoms in total. The van der Waals surface area contributed by atoms with E-state index in [1.807, 2.05) is 57.2 Å². The number of rotatable bonds is 5. The highest BCUT2D eigenvalue weighted by molar-refractivity contribution is 5.68. The zero-order valence-corrected chi connectivity index (χ0v) is 12.5. The monoisotopic (exact) mass is 273 g/mol. The molecule has 20 heavy (non-hydrogen) atoms. The van der Waals surface area contributed by atoms with Crippen molar-refractivity contribution in [3.8, 4) is 0 Å². The average Bonchev–Trinajstić information content (AvgIpc) is 2.35. The van der Waals surface area contributed by atoms with E-state index in [9.17, 15) is 4.79 Å². The molecule has 1 aromatic carbocycles. The predicted molar refractivity (Wildman–Crippen MR) is 81.6 cm³/mol. The molecule has 1 aromatic rings. The normalized spacial score (nSPS) is 12.2. The fourth-order valence-electron chi connectivity index (χ4n) is 1.79. The predicted octanol–water partition coefficient (Wildman–Crippen LogP) is 3.85. The first kappa shape index (κ1) is 16.1. The van der Waals surface area contributed by atoms with E-state index < -0.39 is 11.7 Å². The summed E-state index contributed by atoms with van der Waals surface area (Å²) in [6, 6.07) is 10.0. The highest BCUT2D eigenvalue weighted by atomic mass is 16.6. The van der Waals surface area contributed by atoms with E-state index in [0.717, 1.165) is 6.42 Å². The van der Waals surface area contributed by atoms with Gasteiger partial charge in [-0.3, -0.25) is 0 Å². The summed E-state index contributed by atoms with van der Waals surface area (Å²) >= 11 is 0. The van der Waals surface area contributed by atoms with Gasteiger partial charge in [0.15, 0.2) is 0 Å². The number of hydrogen-bond donors (Lipinski definition) is 1. The number of benzene rings is 1. The van der Waals surface area contributed by atoms with Crippen molar-refractivity contribution in [2.75, 3.05) is 0 Å². The standard InChI is InChI=1S/C17H23NO2/c1-5-6-12-15(13-14-10-8-7-9-11-14)18-16(19)20-17(2,3)4/h6-11,15H,1,12-13H2,2-4H3,(H,18,19)/t15-/m1/s1. The molecule has 1 atom stereocenters. The minimum atomic E-state index is -0.490. The Morgan fingerprint density at radius 3 is 2.60 bits per heavy atom. The van der Waals surface area contributed by atoms with Crippen LogP contribution in [0.1, 0.15) is 32.8 Å². The SMILES string of the molecule is C=C=CC[C@H](Cc1ccccc1)NC(=O)OC(C)(C)C. The van der Waals surface area contributed by atoms with Crippen molar-refractivity contribution in [3.63, 3.8) is 0 Å². The molecule has 0 radical (unpaired) electrons. The number of ether oxygens (including phenoxy) is 1. The van der Waals surface area contributed by atoms with Crippen LogP contribution < -0.4 is 5.32 Å². The lowest BCUT2D eigenvalue weighted by Crippen LogP contribution is -2.40. The van der Waals surface area contributed by atoms with Crippen LogP contribution in [0.3, 0.4) is 0 Å². The van der Waals surface area contributed by atoms with Crippen LogP contribution in [0.5, 0.6) is 0 Å². The number of hydrogen-bond acceptors (Lipinski definition) is 2. The minimum Gasteiger partial charge on any atom is -0.444 e. The largest absolute Gasteiger partial charge is 0.444 e. The van der Waals surface area contributed by atoms with Gasteiger partial charge in [0.25, 0.3) is 0 Å². The zero-order valence-electron chi connectivity index (χ0n) is 12.5. The Morgan fingerprint density at radius 1 is 1.40 bits per heavy atom. The molecule has 0 unspecified atom stereocenters. The molecule has 0 saturated heterocycles. The Labute approximate surface area is 121 Å². The third kappa shape index (κ3) is 6.81. The maximum Gasteiger partial charge on any atom is 0.407 e. The highest BCUT2D eigenvalue weighted by Gasteiger charge is 2.19. The van der Waals surface area contributed by atoms with Crippen molar-refractivity contribution < 1.29 is 9.53 Å². The van der Waals surface area contributed by atoms with E-state index >= 15 is 0 Å². The zero-order chi connectivity index (χ0) is 15.0. The van der Waals surface area contributed by atoms with Crippen molar-refractivity contribution in [2.24, 2.45) is 0 Å². The van der Waals surface area contributed by atoms with Crippen LogP contribution in [-0.2, 0) is 11.2 Å². The number of carbonyl (C=O) groups excluding carboxylic acids is 1. The van der Waals surface area contributed by atoms with Crippen LogP contribution >= 0.6 is 0 Å². The second-order valence-corrected chi connectivity index (χ2v) is 5.68. The van der Waals surface area contributed by atoms with E-state index in [1.54, 1.807) is 0 Å². The van der Waals surface area contributed by atoms with E-state index in [4.69, 9.17) is 4.74 Å². The van der Waals surface area contributed by atoms with Gasteiger partial charge >= 0.3 is 6.09 Å². The third-order valence-corrected chi connectivity index (χ3v) is 2.59. The second-order valence-electron chi connectivity index (χ2n) is 5.68. The first-order valence-electron chi connectivity index (χ1n) is 6.78. The Bertz CT molecular complexity index is 468. The van der Waals surface area contributed by atoms with E-state index in [0.29, 0.717) is 6.42 Å². The van der Waals surface area contributed by atoms with Crippen LogP contribution in [0, 0.1) is 0 Å². The lowest BCUT2D eigenvalue weighted by Gasteiger charge is -2.23. The second kappa shape index (κ2) is 7.56. The molecule has 1 N–H and O–H groups in total. The third-order valence-electron chi connectivity index (χ3n) is 2.59. The van der Waals surface area contributed by atoms with Crippen LogP contribution in [0.4, 0.5) is 4.79 Å². The van der Waals surface area contributed by atoms with E-state index in [2.05, 4.69) is 17.6 Å². The molecule has 0 aliphatic heterocycles. The molecular formula is C17H23NO2. The molecule has 0 aliphatic rings. The number of amides is 1. The number of carbonyl (C=O) groups is 1. The highest BCUT2D eigenvalue weighted by Crippen LogP contribution is 2.10. The van der Waals surface area contributed by atoms with Crippen molar-refractivity contribution in [3.05, 3.63) is 54.3 Å². The Balaban J connectivity index is 2.64. The van der Waals surface area contributed by atoms with Crippen LogP contribution in [0.15, 0.2) is 48.7 Å². The topological polar surface area (TPSA) is 38.3 Å². The van der Waals surface area contributed by atoms with E-state index in [-0.39, 0.29) is 6.04 Å². The van der Waals surface area contributed by atoms with Crippen molar-refractivity contribution in [1.82, 2.24) is 5.32 Å². The van der Waals surface area contributed by atoms with Crippen molar-refractivity contribution in [1.29, 1.82) is 0 Å². The quantitative estimate of drug-likeness (QED) is 0.827. The van der Waals surface area contributed by atoms with Gasteiger partial charge < -0.3 is 10.1 Å². The number of alkyl carbamates (subject to hydrolysis) is 1. The van der Waals surface area contributed by atoms with E-state index in [1.165, 1.54) is 5.56 Å². The molecule has 1 rings (SSSR count). The maximum absolute atomic E-state index is 11.8.